The standard InChI is InChI=1S/C42H70O13/c1-21(43)27-14-17-42(46)29-11-10-25-18-26(12-15-40(25,5)28(29)13-16-41(27,42)6)53-32-19-30(47-7)36(23(3)50-32)54-33-20-31(48-8)37(24(4)51-33)55-39-35(45)38(49-9)34(44)22(2)52-39/h10,21-24,26-39,43-46H,11-20H2,1-9H3. The van der Waals surface area contributed by atoms with Crippen LogP contribution in [0, 0.1) is 28.6 Å². The Kier molecular flexibility index (Phi) is 12.6. The van der Waals surface area contributed by atoms with Crippen molar-refractivity contribution in [3.8, 4) is 0 Å². The molecule has 3 heterocycles. The first-order chi connectivity index (χ1) is 26.1. The third-order valence-electron chi connectivity index (χ3n) is 15.7. The first-order valence-electron chi connectivity index (χ1n) is 21.1. The first kappa shape index (κ1) is 42.3. The molecule has 3 aliphatic heterocycles. The first-order valence-corrected chi connectivity index (χ1v) is 21.1. The number of aliphatic hydroxyl groups is 4. The summed E-state index contributed by atoms with van der Waals surface area (Å²) < 4.78 is 55.4. The van der Waals surface area contributed by atoms with Crippen LogP contribution >= 0.6 is 0 Å². The van der Waals surface area contributed by atoms with Crippen molar-refractivity contribution in [2.24, 2.45) is 28.6 Å². The van der Waals surface area contributed by atoms with E-state index in [0.29, 0.717) is 18.8 Å². The summed E-state index contributed by atoms with van der Waals surface area (Å²) in [6.07, 6.45) is 2.13. The van der Waals surface area contributed by atoms with Gasteiger partial charge in [-0.05, 0) is 102 Å². The van der Waals surface area contributed by atoms with E-state index in [1.807, 2.05) is 20.8 Å². The maximum atomic E-state index is 12.4. The third-order valence-corrected chi connectivity index (χ3v) is 15.7. The van der Waals surface area contributed by atoms with Crippen LogP contribution in [0.25, 0.3) is 0 Å². The number of fused-ring (bicyclic) bond motifs is 5. The zero-order chi connectivity index (χ0) is 39.6. The predicted molar refractivity (Wildman–Crippen MR) is 200 cm³/mol. The largest absolute Gasteiger partial charge is 0.393 e. The summed E-state index contributed by atoms with van der Waals surface area (Å²) in [5.41, 5.74) is 0.526. The van der Waals surface area contributed by atoms with Crippen molar-refractivity contribution >= 4 is 0 Å². The zero-order valence-electron chi connectivity index (χ0n) is 34.5. The highest BCUT2D eigenvalue weighted by Crippen LogP contribution is 2.68. The third kappa shape index (κ3) is 7.42. The van der Waals surface area contributed by atoms with E-state index in [9.17, 15) is 20.4 Å². The van der Waals surface area contributed by atoms with Gasteiger partial charge in [-0.3, -0.25) is 0 Å². The number of hydrogen-bond donors (Lipinski definition) is 4. The van der Waals surface area contributed by atoms with Crippen LogP contribution in [0.1, 0.15) is 106 Å². The summed E-state index contributed by atoms with van der Waals surface area (Å²) in [7, 11) is 4.73. The Hall–Kier alpha value is -0.780. The fourth-order valence-corrected chi connectivity index (χ4v) is 12.5. The molecule has 4 aliphatic carbocycles. The maximum absolute atomic E-state index is 12.4. The van der Waals surface area contributed by atoms with Crippen molar-refractivity contribution in [1.29, 1.82) is 0 Å². The summed E-state index contributed by atoms with van der Waals surface area (Å²) in [5.74, 6) is 0.799. The zero-order valence-corrected chi connectivity index (χ0v) is 34.5. The number of rotatable bonds is 10. The van der Waals surface area contributed by atoms with Crippen LogP contribution in [0.5, 0.6) is 0 Å². The topological polar surface area (TPSA) is 164 Å². The molecule has 3 saturated heterocycles. The molecule has 4 N–H and O–H groups in total. The lowest BCUT2D eigenvalue weighted by atomic mass is 9.45. The molecule has 13 nitrogen and oxygen atoms in total. The predicted octanol–water partition coefficient (Wildman–Crippen LogP) is 4.00. The van der Waals surface area contributed by atoms with Gasteiger partial charge < -0.3 is 63.1 Å². The molecule has 7 aliphatic rings. The van der Waals surface area contributed by atoms with E-state index in [4.69, 9.17) is 42.6 Å². The minimum Gasteiger partial charge on any atom is -0.393 e. The molecular weight excluding hydrogens is 712 g/mol. The Morgan fingerprint density at radius 1 is 0.727 bits per heavy atom. The van der Waals surface area contributed by atoms with Gasteiger partial charge in [0.1, 0.15) is 30.5 Å². The van der Waals surface area contributed by atoms with Gasteiger partial charge in [-0.1, -0.05) is 25.5 Å². The lowest BCUT2D eigenvalue weighted by molar-refractivity contribution is -0.352. The SMILES string of the molecule is COC1CC(OC2CCC3(C)C(=CCC4C3CCC3(C)C(C(C)O)CCC43O)C2)OC(C)C1OC1CC(OC)C(OC2OC(C)C(O)C(OC)C2O)C(C)O1. The molecule has 0 spiro atoms. The number of aliphatic hydroxyl groups excluding tert-OH is 3. The van der Waals surface area contributed by atoms with E-state index in [1.165, 1.54) is 12.7 Å². The van der Waals surface area contributed by atoms with Gasteiger partial charge in [0, 0.05) is 39.6 Å². The van der Waals surface area contributed by atoms with Crippen LogP contribution in [-0.2, 0) is 42.6 Å². The van der Waals surface area contributed by atoms with Crippen molar-refractivity contribution in [2.75, 3.05) is 21.3 Å². The second-order valence-corrected chi connectivity index (χ2v) is 18.5. The molecule has 21 unspecified atom stereocenters. The van der Waals surface area contributed by atoms with E-state index < -0.39 is 79.4 Å². The van der Waals surface area contributed by atoms with E-state index in [2.05, 4.69) is 19.9 Å². The van der Waals surface area contributed by atoms with Crippen LogP contribution in [0.3, 0.4) is 0 Å². The maximum Gasteiger partial charge on any atom is 0.187 e. The molecule has 0 radical (unpaired) electrons. The number of methoxy groups -OCH3 is 3. The number of hydrogen-bond acceptors (Lipinski definition) is 13. The summed E-state index contributed by atoms with van der Waals surface area (Å²) in [5, 5.41) is 44.2. The Balaban J connectivity index is 0.940. The minimum absolute atomic E-state index is 0.0325. The Labute approximate surface area is 327 Å². The van der Waals surface area contributed by atoms with Gasteiger partial charge in [-0.2, -0.15) is 0 Å². The summed E-state index contributed by atoms with van der Waals surface area (Å²) in [6, 6.07) is 0. The average Bonchev–Trinajstić information content (AvgIpc) is 3.43. The van der Waals surface area contributed by atoms with Crippen molar-refractivity contribution in [1.82, 2.24) is 0 Å². The summed E-state index contributed by atoms with van der Waals surface area (Å²) in [4.78, 5) is 0. The van der Waals surface area contributed by atoms with Crippen LogP contribution in [-0.4, -0.2) is 139 Å². The van der Waals surface area contributed by atoms with Crippen LogP contribution < -0.4 is 0 Å². The monoisotopic (exact) mass is 782 g/mol. The van der Waals surface area contributed by atoms with Gasteiger partial charge in [-0.25, -0.2) is 0 Å². The molecule has 13 heteroatoms. The summed E-state index contributed by atoms with van der Waals surface area (Å²) >= 11 is 0. The molecule has 0 bridgehead atoms. The lowest BCUT2D eigenvalue weighted by Crippen LogP contribution is -2.61. The highest BCUT2D eigenvalue weighted by Gasteiger charge is 2.67. The molecule has 0 aromatic carbocycles. The molecule has 6 fully saturated rings. The summed E-state index contributed by atoms with van der Waals surface area (Å²) in [6.45, 7) is 12.1. The lowest BCUT2D eigenvalue weighted by Gasteiger charge is -2.61. The molecule has 0 aromatic heterocycles. The van der Waals surface area contributed by atoms with Gasteiger partial charge in [0.15, 0.2) is 18.9 Å². The molecule has 55 heavy (non-hydrogen) atoms. The molecule has 0 amide bonds. The van der Waals surface area contributed by atoms with Gasteiger partial charge in [-0.15, -0.1) is 0 Å². The minimum atomic E-state index is -1.20. The van der Waals surface area contributed by atoms with Crippen LogP contribution in [0.15, 0.2) is 11.6 Å². The molecule has 0 aromatic rings. The smallest absolute Gasteiger partial charge is 0.187 e. The van der Waals surface area contributed by atoms with Gasteiger partial charge in [0.05, 0.1) is 48.3 Å². The molecule has 7 rings (SSSR count). The van der Waals surface area contributed by atoms with Gasteiger partial charge in [0.2, 0.25) is 0 Å². The fraction of sp³-hybridized carbons (Fsp3) is 0.952. The van der Waals surface area contributed by atoms with Crippen molar-refractivity contribution in [3.05, 3.63) is 11.6 Å². The number of allylic oxidation sites excluding steroid dienone is 1. The fourth-order valence-electron chi connectivity index (χ4n) is 12.5. The van der Waals surface area contributed by atoms with E-state index in [-0.39, 0.29) is 41.0 Å². The van der Waals surface area contributed by atoms with E-state index in [0.717, 1.165) is 51.4 Å². The van der Waals surface area contributed by atoms with Crippen LogP contribution in [0.2, 0.25) is 0 Å². The number of ether oxygens (including phenoxy) is 9. The van der Waals surface area contributed by atoms with E-state index in [1.54, 1.807) is 21.1 Å². The van der Waals surface area contributed by atoms with Gasteiger partial charge >= 0.3 is 0 Å². The Bertz CT molecular complexity index is 1350. The molecule has 316 valence electrons. The second-order valence-electron chi connectivity index (χ2n) is 18.5. The highest BCUT2D eigenvalue weighted by atomic mass is 16.8. The Morgan fingerprint density at radius 3 is 1.98 bits per heavy atom. The van der Waals surface area contributed by atoms with Crippen molar-refractivity contribution < 1.29 is 63.1 Å². The quantitative estimate of drug-likeness (QED) is 0.236. The highest BCUT2D eigenvalue weighted by molar-refractivity contribution is 5.28. The second kappa shape index (κ2) is 16.3. The van der Waals surface area contributed by atoms with Crippen LogP contribution in [0.4, 0.5) is 0 Å². The normalized spacial score (nSPS) is 53.5. The van der Waals surface area contributed by atoms with Gasteiger partial charge in [0.25, 0.3) is 0 Å². The average molecular weight is 783 g/mol. The van der Waals surface area contributed by atoms with E-state index >= 15 is 0 Å². The molecule has 21 atom stereocenters. The van der Waals surface area contributed by atoms with Crippen molar-refractivity contribution in [2.45, 2.75) is 203 Å². The van der Waals surface area contributed by atoms with Crippen molar-refractivity contribution in [3.63, 3.8) is 0 Å². The molecular formula is C42H70O13. The Morgan fingerprint density at radius 2 is 1.36 bits per heavy atom. The molecule has 3 saturated carbocycles.